The van der Waals surface area contributed by atoms with Crippen LogP contribution in [0.3, 0.4) is 0 Å². The maximum Gasteiger partial charge on any atom is 0.226 e. The van der Waals surface area contributed by atoms with Crippen LogP contribution < -0.4 is 10.6 Å². The fourth-order valence-electron chi connectivity index (χ4n) is 5.06. The van der Waals surface area contributed by atoms with Crippen molar-refractivity contribution >= 4 is 28.9 Å². The minimum Gasteiger partial charge on any atom is -0.506 e. The Morgan fingerprint density at radius 2 is 1.78 bits per heavy atom. The molecule has 1 aliphatic heterocycles. The van der Waals surface area contributed by atoms with Gasteiger partial charge in [-0.2, -0.15) is 0 Å². The second kappa shape index (κ2) is 10.4. The first-order valence-corrected chi connectivity index (χ1v) is 12.6. The summed E-state index contributed by atoms with van der Waals surface area (Å²) in [7, 11) is 0. The van der Waals surface area contributed by atoms with E-state index in [0.29, 0.717) is 11.7 Å². The minimum atomic E-state index is -0.191. The number of hydrogen-bond acceptors (Lipinski definition) is 4. The molecule has 1 amide bonds. The van der Waals surface area contributed by atoms with Crippen LogP contribution in [0, 0.1) is 13.8 Å². The maximum absolute atomic E-state index is 12.8. The molecule has 8 heteroatoms. The highest BCUT2D eigenvalue weighted by atomic mass is 32.1. The van der Waals surface area contributed by atoms with Crippen molar-refractivity contribution in [3.8, 4) is 11.4 Å². The lowest BCUT2D eigenvalue weighted by atomic mass is 9.96. The topological polar surface area (TPSA) is 82.4 Å². The van der Waals surface area contributed by atoms with Gasteiger partial charge in [0.15, 0.2) is 5.11 Å². The lowest BCUT2D eigenvalue weighted by Gasteiger charge is -2.28. The van der Waals surface area contributed by atoms with Crippen molar-refractivity contribution in [2.24, 2.45) is 0 Å². The number of pyridine rings is 1. The van der Waals surface area contributed by atoms with E-state index in [1.165, 1.54) is 0 Å². The molecule has 0 bridgehead atoms. The number of amides is 1. The monoisotopic (exact) mass is 511 g/mol. The van der Waals surface area contributed by atoms with E-state index in [9.17, 15) is 9.90 Å². The molecule has 1 saturated heterocycles. The van der Waals surface area contributed by atoms with Gasteiger partial charge >= 0.3 is 0 Å². The first-order chi connectivity index (χ1) is 17.9. The third kappa shape index (κ3) is 4.93. The van der Waals surface area contributed by atoms with Crippen LogP contribution in [0.5, 0.6) is 5.75 Å². The van der Waals surface area contributed by atoms with Crippen molar-refractivity contribution in [2.75, 3.05) is 11.9 Å². The molecule has 2 atom stereocenters. The average Bonchev–Trinajstić information content (AvgIpc) is 3.38. The second-order valence-corrected chi connectivity index (χ2v) is 9.52. The van der Waals surface area contributed by atoms with Crippen LogP contribution in [-0.4, -0.2) is 37.1 Å². The highest BCUT2D eigenvalue weighted by Crippen LogP contribution is 2.42. The van der Waals surface area contributed by atoms with Gasteiger partial charge in [-0.05, 0) is 74.1 Å². The molecule has 37 heavy (non-hydrogen) atoms. The van der Waals surface area contributed by atoms with Gasteiger partial charge in [0.05, 0.1) is 23.5 Å². The molecule has 5 rings (SSSR count). The van der Waals surface area contributed by atoms with Crippen LogP contribution in [0.1, 0.15) is 41.1 Å². The van der Waals surface area contributed by atoms with Gasteiger partial charge in [-0.3, -0.25) is 9.78 Å². The Morgan fingerprint density at radius 3 is 2.51 bits per heavy atom. The van der Waals surface area contributed by atoms with Gasteiger partial charge in [0.25, 0.3) is 0 Å². The van der Waals surface area contributed by atoms with Crippen molar-refractivity contribution in [1.82, 2.24) is 19.8 Å². The molecule has 7 nitrogen and oxygen atoms in total. The van der Waals surface area contributed by atoms with Crippen molar-refractivity contribution in [3.63, 3.8) is 0 Å². The molecular weight excluding hydrogens is 482 g/mol. The summed E-state index contributed by atoms with van der Waals surface area (Å²) in [4.78, 5) is 19.5. The molecule has 2 aromatic carbocycles. The van der Waals surface area contributed by atoms with Crippen LogP contribution in [0.2, 0.25) is 0 Å². The van der Waals surface area contributed by atoms with E-state index in [2.05, 4.69) is 31.2 Å². The molecule has 0 aliphatic carbocycles. The molecule has 1 aliphatic rings. The number of rotatable bonds is 7. The van der Waals surface area contributed by atoms with Crippen LogP contribution in [0.4, 0.5) is 5.69 Å². The predicted octanol–water partition coefficient (Wildman–Crippen LogP) is 5.20. The summed E-state index contributed by atoms with van der Waals surface area (Å²) in [6, 6.07) is 24.4. The first-order valence-electron chi connectivity index (χ1n) is 12.2. The van der Waals surface area contributed by atoms with Crippen molar-refractivity contribution in [3.05, 3.63) is 108 Å². The lowest BCUT2D eigenvalue weighted by Crippen LogP contribution is -2.32. The number of phenolic OH excluding ortho intramolecular Hbond substituents is 1. The maximum atomic E-state index is 12.8. The van der Waals surface area contributed by atoms with E-state index in [4.69, 9.17) is 12.2 Å². The van der Waals surface area contributed by atoms with Gasteiger partial charge in [0, 0.05) is 36.2 Å². The first kappa shape index (κ1) is 24.5. The Morgan fingerprint density at radius 1 is 1.05 bits per heavy atom. The summed E-state index contributed by atoms with van der Waals surface area (Å²) in [5, 5.41) is 17.6. The Kier molecular flexibility index (Phi) is 6.92. The molecule has 0 unspecified atom stereocenters. The van der Waals surface area contributed by atoms with E-state index >= 15 is 0 Å². The fraction of sp³-hybridized carbons (Fsp3) is 0.207. The SMILES string of the molecule is Cc1cc([C@H]2[C@H](c3ccccn3)NC(=S)N2CCC(=O)Nc2ccccc2)c(C)n1-c1ccccc1O. The molecule has 1 fully saturated rings. The number of nitrogens with one attached hydrogen (secondary N) is 2. The number of nitrogens with zero attached hydrogens (tertiary/aromatic N) is 3. The van der Waals surface area contributed by atoms with Gasteiger partial charge < -0.3 is 25.2 Å². The largest absolute Gasteiger partial charge is 0.506 e. The van der Waals surface area contributed by atoms with Gasteiger partial charge in [-0.25, -0.2) is 0 Å². The number of aromatic hydroxyl groups is 1. The summed E-state index contributed by atoms with van der Waals surface area (Å²) >= 11 is 5.78. The number of aromatic nitrogens is 2. The number of anilines is 1. The molecule has 2 aromatic heterocycles. The normalized spacial score (nSPS) is 17.0. The van der Waals surface area contributed by atoms with Gasteiger partial charge in [0.1, 0.15) is 5.75 Å². The molecule has 0 radical (unpaired) electrons. The van der Waals surface area contributed by atoms with E-state index in [0.717, 1.165) is 34.0 Å². The minimum absolute atomic E-state index is 0.0753. The molecule has 3 N–H and O–H groups in total. The van der Waals surface area contributed by atoms with E-state index in [1.807, 2.05) is 80.6 Å². The van der Waals surface area contributed by atoms with Crippen molar-refractivity contribution in [2.45, 2.75) is 32.4 Å². The van der Waals surface area contributed by atoms with Crippen LogP contribution in [0.25, 0.3) is 5.69 Å². The smallest absolute Gasteiger partial charge is 0.226 e. The van der Waals surface area contributed by atoms with E-state index in [1.54, 1.807) is 12.3 Å². The Labute approximate surface area is 221 Å². The summed E-state index contributed by atoms with van der Waals surface area (Å²) in [5.41, 5.74) is 5.42. The molecule has 0 saturated carbocycles. The number of aryl methyl sites for hydroxylation is 1. The molecule has 4 aromatic rings. The standard InChI is InChI=1S/C29H29N5O2S/c1-19-18-22(20(2)34(19)24-13-6-7-14-25(24)35)28-27(23-12-8-9-16-30-23)32-29(37)33(28)17-15-26(36)31-21-10-4-3-5-11-21/h3-14,16,18,27-28,35H,15,17H2,1-2H3,(H,31,36)(H,32,37)/t27-,28-/m0/s1. The average molecular weight is 512 g/mol. The van der Waals surface area contributed by atoms with E-state index < -0.39 is 0 Å². The lowest BCUT2D eigenvalue weighted by molar-refractivity contribution is -0.116. The fourth-order valence-corrected chi connectivity index (χ4v) is 5.39. The quantitative estimate of drug-likeness (QED) is 0.296. The van der Waals surface area contributed by atoms with Gasteiger partial charge in [0.2, 0.25) is 5.91 Å². The van der Waals surface area contributed by atoms with E-state index in [-0.39, 0.29) is 30.2 Å². The molecule has 3 heterocycles. The number of carbonyl (C=O) groups excluding carboxylic acids is 1. The zero-order chi connectivity index (χ0) is 25.9. The van der Waals surface area contributed by atoms with Crippen molar-refractivity contribution < 1.29 is 9.90 Å². The number of benzene rings is 2. The number of para-hydroxylation sites is 3. The molecule has 188 valence electrons. The summed E-state index contributed by atoms with van der Waals surface area (Å²) in [6.45, 7) is 4.52. The van der Waals surface area contributed by atoms with Crippen LogP contribution in [-0.2, 0) is 4.79 Å². The van der Waals surface area contributed by atoms with Gasteiger partial charge in [-0.1, -0.05) is 36.4 Å². The summed E-state index contributed by atoms with van der Waals surface area (Å²) in [6.07, 6.45) is 2.05. The molecular formula is C29H29N5O2S. The second-order valence-electron chi connectivity index (χ2n) is 9.13. The summed E-state index contributed by atoms with van der Waals surface area (Å²) in [5.74, 6) is 0.139. The third-order valence-corrected chi connectivity index (χ3v) is 7.10. The highest BCUT2D eigenvalue weighted by Gasteiger charge is 2.41. The third-order valence-electron chi connectivity index (χ3n) is 6.75. The Balaban J connectivity index is 1.49. The van der Waals surface area contributed by atoms with Gasteiger partial charge in [-0.15, -0.1) is 0 Å². The van der Waals surface area contributed by atoms with Crippen molar-refractivity contribution in [1.29, 1.82) is 0 Å². The zero-order valence-corrected chi connectivity index (χ0v) is 21.6. The van der Waals surface area contributed by atoms with Crippen LogP contribution in [0.15, 0.2) is 85.1 Å². The van der Waals surface area contributed by atoms with Crippen LogP contribution >= 0.6 is 12.2 Å². The Hall–Kier alpha value is -4.17. The number of carbonyl (C=O) groups is 1. The number of phenols is 1. The Bertz CT molecular complexity index is 1420. The highest BCUT2D eigenvalue weighted by molar-refractivity contribution is 7.80. The zero-order valence-electron chi connectivity index (χ0n) is 20.8. The number of thiocarbonyl (C=S) groups is 1. The summed E-state index contributed by atoms with van der Waals surface area (Å²) < 4.78 is 2.06. The predicted molar refractivity (Wildman–Crippen MR) is 149 cm³/mol. The number of hydrogen-bond donors (Lipinski definition) is 3. The molecule has 0 spiro atoms.